The maximum absolute atomic E-state index is 14.1. The van der Waals surface area contributed by atoms with Crippen molar-refractivity contribution >= 4 is 17.5 Å². The fourth-order valence-electron chi connectivity index (χ4n) is 5.79. The van der Waals surface area contributed by atoms with Crippen molar-refractivity contribution in [2.24, 2.45) is 17.6 Å². The Bertz CT molecular complexity index is 1460. The zero-order chi connectivity index (χ0) is 30.2. The highest BCUT2D eigenvalue weighted by Crippen LogP contribution is 2.47. The van der Waals surface area contributed by atoms with Gasteiger partial charge in [0.15, 0.2) is 5.65 Å². The van der Waals surface area contributed by atoms with Gasteiger partial charge in [-0.25, -0.2) is 23.3 Å². The summed E-state index contributed by atoms with van der Waals surface area (Å²) in [6.07, 6.45) is -0.483. The van der Waals surface area contributed by atoms with Gasteiger partial charge in [0.2, 0.25) is 23.6 Å². The lowest BCUT2D eigenvalue weighted by Crippen LogP contribution is -2.30. The number of aromatic nitrogens is 4. The number of ether oxygens (including phenoxy) is 1. The van der Waals surface area contributed by atoms with Crippen LogP contribution in [0.2, 0.25) is 0 Å². The van der Waals surface area contributed by atoms with Crippen LogP contribution in [-0.2, 0) is 4.79 Å². The predicted octanol–water partition coefficient (Wildman–Crippen LogP) is 5.10. The standard InChI is InChI=1S/C28H31F5N6O3/c1-42-26-23(18(25(34)41)7-11-35-26)22(15-4-8-27(29,30)9-5-15)19-14-39-20(37-19)12-17(13-36-39)24(16-2-3-16)38-21(40)6-10-28(31,32)33/h7,11-16,22,24H,2-6,8-10H2,1H3,(H2,34,41)(H,38,40)/t22-,24-/m1/s1. The van der Waals surface area contributed by atoms with Crippen LogP contribution in [0.25, 0.3) is 5.65 Å². The SMILES string of the molecule is COc1nccc(C(N)=O)c1[C@@H](c1cn2ncc([C@H](NC(=O)CCC(F)(F)F)C3CC3)cc2n1)C1CCC(F)(F)CC1. The molecule has 0 aliphatic heterocycles. The predicted molar refractivity (Wildman–Crippen MR) is 140 cm³/mol. The molecule has 2 aliphatic carbocycles. The fraction of sp³-hybridized carbons (Fsp3) is 0.536. The molecule has 14 heteroatoms. The molecule has 0 bridgehead atoms. The third kappa shape index (κ3) is 6.62. The Labute approximate surface area is 238 Å². The van der Waals surface area contributed by atoms with Crippen LogP contribution in [0, 0.1) is 11.8 Å². The number of rotatable bonds is 10. The normalized spacial score (nSPS) is 18.9. The number of methoxy groups -OCH3 is 1. The van der Waals surface area contributed by atoms with Gasteiger partial charge >= 0.3 is 6.18 Å². The molecular weight excluding hydrogens is 563 g/mol. The van der Waals surface area contributed by atoms with Gasteiger partial charge in [0.25, 0.3) is 0 Å². The van der Waals surface area contributed by atoms with Crippen molar-refractivity contribution in [1.82, 2.24) is 24.9 Å². The molecule has 2 fully saturated rings. The van der Waals surface area contributed by atoms with E-state index in [9.17, 15) is 31.5 Å². The summed E-state index contributed by atoms with van der Waals surface area (Å²) in [7, 11) is 1.39. The molecule has 9 nitrogen and oxygen atoms in total. The van der Waals surface area contributed by atoms with Gasteiger partial charge in [-0.3, -0.25) is 9.59 Å². The summed E-state index contributed by atoms with van der Waals surface area (Å²) in [5, 5.41) is 7.15. The van der Waals surface area contributed by atoms with Crippen molar-refractivity contribution < 1.29 is 36.3 Å². The van der Waals surface area contributed by atoms with Gasteiger partial charge in [0.05, 0.1) is 37.7 Å². The number of nitrogens with one attached hydrogen (secondary N) is 1. The molecule has 0 radical (unpaired) electrons. The number of halogens is 5. The molecule has 3 heterocycles. The van der Waals surface area contributed by atoms with Gasteiger partial charge in [-0.05, 0) is 55.2 Å². The second-order valence-electron chi connectivity index (χ2n) is 11.1. The second-order valence-corrected chi connectivity index (χ2v) is 11.1. The molecule has 3 N–H and O–H groups in total. The van der Waals surface area contributed by atoms with Crippen LogP contribution in [0.15, 0.2) is 30.7 Å². The van der Waals surface area contributed by atoms with E-state index < -0.39 is 48.7 Å². The van der Waals surface area contributed by atoms with E-state index in [1.807, 2.05) is 0 Å². The Morgan fingerprint density at radius 1 is 1.19 bits per heavy atom. The molecule has 2 atom stereocenters. The summed E-state index contributed by atoms with van der Waals surface area (Å²) < 4.78 is 73.1. The smallest absolute Gasteiger partial charge is 0.389 e. The van der Waals surface area contributed by atoms with Crippen molar-refractivity contribution in [2.45, 2.75) is 75.4 Å². The summed E-state index contributed by atoms with van der Waals surface area (Å²) >= 11 is 0. The number of hydrogen-bond acceptors (Lipinski definition) is 6. The Hall–Kier alpha value is -3.84. The minimum Gasteiger partial charge on any atom is -0.481 e. The molecular formula is C28H31F5N6O3. The topological polar surface area (TPSA) is 125 Å². The molecule has 42 heavy (non-hydrogen) atoms. The Balaban J connectivity index is 1.51. The molecule has 226 valence electrons. The summed E-state index contributed by atoms with van der Waals surface area (Å²) in [6.45, 7) is 0. The lowest BCUT2D eigenvalue weighted by Gasteiger charge is -2.34. The van der Waals surface area contributed by atoms with E-state index in [2.05, 4.69) is 15.4 Å². The molecule has 3 aromatic heterocycles. The number of imidazole rings is 1. The molecule has 2 amide bonds. The number of nitrogens with zero attached hydrogens (tertiary/aromatic N) is 4. The largest absolute Gasteiger partial charge is 0.481 e. The van der Waals surface area contributed by atoms with Crippen molar-refractivity contribution in [3.8, 4) is 5.88 Å². The Kier molecular flexibility index (Phi) is 8.08. The van der Waals surface area contributed by atoms with Gasteiger partial charge in [0.1, 0.15) is 0 Å². The average molecular weight is 595 g/mol. The quantitative estimate of drug-likeness (QED) is 0.315. The maximum Gasteiger partial charge on any atom is 0.389 e. The molecule has 2 aliphatic rings. The highest BCUT2D eigenvalue weighted by Gasteiger charge is 2.42. The lowest BCUT2D eigenvalue weighted by atomic mass is 9.73. The second kappa shape index (κ2) is 11.4. The molecule has 0 spiro atoms. The highest BCUT2D eigenvalue weighted by atomic mass is 19.4. The van der Waals surface area contributed by atoms with Gasteiger partial charge < -0.3 is 15.8 Å². The van der Waals surface area contributed by atoms with Crippen LogP contribution >= 0.6 is 0 Å². The summed E-state index contributed by atoms with van der Waals surface area (Å²) in [6, 6.07) is 2.63. The van der Waals surface area contributed by atoms with Crippen LogP contribution in [0.1, 0.15) is 90.5 Å². The fourth-order valence-corrected chi connectivity index (χ4v) is 5.79. The Morgan fingerprint density at radius 2 is 1.90 bits per heavy atom. The van der Waals surface area contributed by atoms with Gasteiger partial charge in [-0.15, -0.1) is 0 Å². The van der Waals surface area contributed by atoms with Crippen molar-refractivity contribution in [3.05, 3.63) is 53.1 Å². The van der Waals surface area contributed by atoms with E-state index in [-0.39, 0.29) is 49.0 Å². The summed E-state index contributed by atoms with van der Waals surface area (Å²) in [4.78, 5) is 33.8. The number of amides is 2. The van der Waals surface area contributed by atoms with Gasteiger partial charge in [-0.1, -0.05) is 0 Å². The van der Waals surface area contributed by atoms with E-state index in [1.165, 1.54) is 30.1 Å². The number of primary amides is 1. The van der Waals surface area contributed by atoms with E-state index in [0.717, 1.165) is 12.8 Å². The average Bonchev–Trinajstić information content (AvgIpc) is 3.69. The van der Waals surface area contributed by atoms with Gasteiger partial charge in [0, 0.05) is 42.5 Å². The van der Waals surface area contributed by atoms with E-state index >= 15 is 0 Å². The zero-order valence-corrected chi connectivity index (χ0v) is 22.8. The third-order valence-electron chi connectivity index (χ3n) is 8.04. The molecule has 2 saturated carbocycles. The number of hydrogen-bond donors (Lipinski definition) is 2. The van der Waals surface area contributed by atoms with Crippen molar-refractivity contribution in [3.63, 3.8) is 0 Å². The lowest BCUT2D eigenvalue weighted by molar-refractivity contribution is -0.144. The molecule has 3 aromatic rings. The van der Waals surface area contributed by atoms with Gasteiger partial charge in [-0.2, -0.15) is 18.3 Å². The molecule has 5 rings (SSSR count). The first kappa shape index (κ1) is 29.6. The number of pyridine rings is 1. The van der Waals surface area contributed by atoms with Crippen LogP contribution in [0.5, 0.6) is 5.88 Å². The van der Waals surface area contributed by atoms with E-state index in [4.69, 9.17) is 15.5 Å². The first-order valence-corrected chi connectivity index (χ1v) is 13.8. The molecule has 0 unspecified atom stereocenters. The van der Waals surface area contributed by atoms with Crippen LogP contribution in [0.4, 0.5) is 22.0 Å². The first-order chi connectivity index (χ1) is 19.8. The van der Waals surface area contributed by atoms with Crippen molar-refractivity contribution in [1.29, 1.82) is 0 Å². The summed E-state index contributed by atoms with van der Waals surface area (Å²) in [5.74, 6) is -5.03. The van der Waals surface area contributed by atoms with Crippen LogP contribution in [0.3, 0.4) is 0 Å². The zero-order valence-electron chi connectivity index (χ0n) is 22.8. The third-order valence-corrected chi connectivity index (χ3v) is 8.04. The van der Waals surface area contributed by atoms with E-state index in [0.29, 0.717) is 22.5 Å². The van der Waals surface area contributed by atoms with E-state index in [1.54, 1.807) is 12.3 Å². The Morgan fingerprint density at radius 3 is 2.52 bits per heavy atom. The monoisotopic (exact) mass is 594 g/mol. The molecule has 0 aromatic carbocycles. The highest BCUT2D eigenvalue weighted by molar-refractivity contribution is 5.95. The first-order valence-electron chi connectivity index (χ1n) is 13.8. The number of fused-ring (bicyclic) bond motifs is 1. The number of carbonyl (C=O) groups excluding carboxylic acids is 2. The summed E-state index contributed by atoms with van der Waals surface area (Å²) in [5.41, 5.74) is 7.62. The van der Waals surface area contributed by atoms with Crippen LogP contribution < -0.4 is 15.8 Å². The molecule has 0 saturated heterocycles. The van der Waals surface area contributed by atoms with Crippen LogP contribution in [-0.4, -0.2) is 50.6 Å². The minimum absolute atomic E-state index is 0.0629. The van der Waals surface area contributed by atoms with Crippen molar-refractivity contribution in [2.75, 3.05) is 7.11 Å². The minimum atomic E-state index is -4.44. The number of carbonyl (C=O) groups is 2. The maximum atomic E-state index is 14.1. The number of alkyl halides is 5. The number of nitrogens with two attached hydrogens (primary N) is 1.